The van der Waals surface area contributed by atoms with E-state index in [9.17, 15) is 17.2 Å². The molecule has 19 heavy (non-hydrogen) atoms. The van der Waals surface area contributed by atoms with Crippen LogP contribution < -0.4 is 4.72 Å². The number of aryl methyl sites for hydroxylation is 2. The number of sulfonamides is 1. The van der Waals surface area contributed by atoms with Crippen molar-refractivity contribution in [1.29, 1.82) is 0 Å². The molecular formula is C11H18F2N2O3S. The van der Waals surface area contributed by atoms with Crippen molar-refractivity contribution in [1.82, 2.24) is 9.88 Å². The molecule has 2 atom stereocenters. The van der Waals surface area contributed by atoms with E-state index in [0.717, 1.165) is 12.5 Å². The average molecular weight is 296 g/mol. The topological polar surface area (TPSA) is 72.2 Å². The molecule has 0 spiro atoms. The number of hydrogen-bond donors (Lipinski definition) is 1. The van der Waals surface area contributed by atoms with E-state index < -0.39 is 27.7 Å². The molecule has 0 amide bonds. The van der Waals surface area contributed by atoms with Gasteiger partial charge in [0.1, 0.15) is 11.0 Å². The SMILES string of the molecule is Cc1noc(C)c1CC(C)NS(=O)(=O)C(C)C(F)F. The standard InChI is InChI=1S/C11H18F2N2O3S/c1-6(5-10-7(2)14-18-8(10)3)15-19(16,17)9(4)11(12)13/h6,9,11,15H,5H2,1-4H3. The van der Waals surface area contributed by atoms with Crippen molar-refractivity contribution in [3.05, 3.63) is 17.0 Å². The number of aromatic nitrogens is 1. The van der Waals surface area contributed by atoms with Crippen molar-refractivity contribution < 1.29 is 21.7 Å². The lowest BCUT2D eigenvalue weighted by Crippen LogP contribution is -2.42. The quantitative estimate of drug-likeness (QED) is 0.868. The molecule has 8 heteroatoms. The lowest BCUT2D eigenvalue weighted by molar-refractivity contribution is 0.146. The smallest absolute Gasteiger partial charge is 0.256 e. The third kappa shape index (κ3) is 3.97. The highest BCUT2D eigenvalue weighted by atomic mass is 32.2. The van der Waals surface area contributed by atoms with Gasteiger partial charge >= 0.3 is 0 Å². The molecule has 0 bridgehead atoms. The van der Waals surface area contributed by atoms with E-state index in [1.807, 2.05) is 0 Å². The van der Waals surface area contributed by atoms with E-state index in [4.69, 9.17) is 4.52 Å². The molecule has 1 rings (SSSR count). The predicted molar refractivity (Wildman–Crippen MR) is 66.7 cm³/mol. The Morgan fingerprint density at radius 1 is 1.32 bits per heavy atom. The Hall–Kier alpha value is -1.02. The minimum atomic E-state index is -4.04. The van der Waals surface area contributed by atoms with Crippen molar-refractivity contribution in [2.24, 2.45) is 0 Å². The van der Waals surface area contributed by atoms with Crippen molar-refractivity contribution in [3.8, 4) is 0 Å². The lowest BCUT2D eigenvalue weighted by atomic mass is 10.1. The summed E-state index contributed by atoms with van der Waals surface area (Å²) in [5.41, 5.74) is 1.46. The summed E-state index contributed by atoms with van der Waals surface area (Å²) in [4.78, 5) is 0. The Morgan fingerprint density at radius 3 is 2.32 bits per heavy atom. The predicted octanol–water partition coefficient (Wildman–Crippen LogP) is 1.80. The second-order valence-corrected chi connectivity index (χ2v) is 6.68. The third-order valence-electron chi connectivity index (χ3n) is 2.90. The Labute approximate surface area is 111 Å². The van der Waals surface area contributed by atoms with Crippen molar-refractivity contribution in [2.45, 2.75) is 51.8 Å². The maximum atomic E-state index is 12.4. The van der Waals surface area contributed by atoms with Crippen LogP contribution in [0.5, 0.6) is 0 Å². The van der Waals surface area contributed by atoms with Crippen LogP contribution in [0.25, 0.3) is 0 Å². The zero-order valence-electron chi connectivity index (χ0n) is 11.3. The highest BCUT2D eigenvalue weighted by Gasteiger charge is 2.30. The van der Waals surface area contributed by atoms with Crippen LogP contribution in [0.3, 0.4) is 0 Å². The molecule has 0 radical (unpaired) electrons. The van der Waals surface area contributed by atoms with Crippen LogP contribution in [0.1, 0.15) is 30.9 Å². The normalized spacial score (nSPS) is 15.7. The summed E-state index contributed by atoms with van der Waals surface area (Å²) >= 11 is 0. The van der Waals surface area contributed by atoms with Crippen LogP contribution in [-0.4, -0.2) is 31.3 Å². The highest BCUT2D eigenvalue weighted by Crippen LogP contribution is 2.16. The molecule has 0 aliphatic heterocycles. The van der Waals surface area contributed by atoms with E-state index in [1.54, 1.807) is 20.8 Å². The first-order valence-electron chi connectivity index (χ1n) is 5.86. The van der Waals surface area contributed by atoms with Crippen LogP contribution >= 0.6 is 0 Å². The molecule has 0 aliphatic rings. The maximum absolute atomic E-state index is 12.4. The molecule has 1 aromatic heterocycles. The lowest BCUT2D eigenvalue weighted by Gasteiger charge is -2.17. The molecule has 0 aliphatic carbocycles. The van der Waals surface area contributed by atoms with Crippen LogP contribution in [0.4, 0.5) is 8.78 Å². The second kappa shape index (κ2) is 5.96. The van der Waals surface area contributed by atoms with Crippen LogP contribution in [-0.2, 0) is 16.4 Å². The van der Waals surface area contributed by atoms with Gasteiger partial charge in [0.25, 0.3) is 6.43 Å². The van der Waals surface area contributed by atoms with E-state index in [2.05, 4.69) is 9.88 Å². The number of nitrogens with zero attached hydrogens (tertiary/aromatic N) is 1. The van der Waals surface area contributed by atoms with Gasteiger partial charge in [-0.3, -0.25) is 0 Å². The zero-order chi connectivity index (χ0) is 14.8. The van der Waals surface area contributed by atoms with Crippen molar-refractivity contribution in [3.63, 3.8) is 0 Å². The average Bonchev–Trinajstić information content (AvgIpc) is 2.58. The monoisotopic (exact) mass is 296 g/mol. The van der Waals surface area contributed by atoms with Gasteiger partial charge in [0, 0.05) is 11.6 Å². The molecule has 0 aromatic carbocycles. The van der Waals surface area contributed by atoms with Crippen LogP contribution in [0.15, 0.2) is 4.52 Å². The van der Waals surface area contributed by atoms with Gasteiger partial charge in [-0.15, -0.1) is 0 Å². The minimum Gasteiger partial charge on any atom is -0.361 e. The maximum Gasteiger partial charge on any atom is 0.256 e. The van der Waals surface area contributed by atoms with Gasteiger partial charge in [0.05, 0.1) is 5.69 Å². The van der Waals surface area contributed by atoms with E-state index in [0.29, 0.717) is 17.9 Å². The molecule has 0 fully saturated rings. The molecule has 1 N–H and O–H groups in total. The third-order valence-corrected chi connectivity index (χ3v) is 4.82. The van der Waals surface area contributed by atoms with E-state index in [-0.39, 0.29) is 0 Å². The fraction of sp³-hybridized carbons (Fsp3) is 0.727. The summed E-state index contributed by atoms with van der Waals surface area (Å²) in [6, 6.07) is -0.511. The fourth-order valence-corrected chi connectivity index (χ4v) is 2.79. The summed E-state index contributed by atoms with van der Waals surface area (Å²) in [6.07, 6.45) is -2.57. The van der Waals surface area contributed by atoms with Gasteiger partial charge in [-0.05, 0) is 34.1 Å². The van der Waals surface area contributed by atoms with Crippen LogP contribution in [0, 0.1) is 13.8 Å². The molecule has 0 saturated carbocycles. The highest BCUT2D eigenvalue weighted by molar-refractivity contribution is 7.90. The summed E-state index contributed by atoms with van der Waals surface area (Å²) in [5.74, 6) is 0.602. The number of alkyl halides is 2. The molecule has 110 valence electrons. The first kappa shape index (κ1) is 16.0. The Morgan fingerprint density at radius 2 is 1.89 bits per heavy atom. The van der Waals surface area contributed by atoms with Gasteiger partial charge in [-0.2, -0.15) is 0 Å². The first-order chi connectivity index (χ1) is 8.65. The Balaban J connectivity index is 2.74. The molecule has 2 unspecified atom stereocenters. The first-order valence-corrected chi connectivity index (χ1v) is 7.40. The zero-order valence-corrected chi connectivity index (χ0v) is 12.1. The van der Waals surface area contributed by atoms with Gasteiger partial charge < -0.3 is 4.52 Å². The summed E-state index contributed by atoms with van der Waals surface area (Å²) in [7, 11) is -4.04. The van der Waals surface area contributed by atoms with Crippen molar-refractivity contribution in [2.75, 3.05) is 0 Å². The van der Waals surface area contributed by atoms with E-state index >= 15 is 0 Å². The molecule has 5 nitrogen and oxygen atoms in total. The number of halogens is 2. The largest absolute Gasteiger partial charge is 0.361 e. The minimum absolute atomic E-state index is 0.344. The van der Waals surface area contributed by atoms with E-state index in [1.165, 1.54) is 0 Å². The summed E-state index contributed by atoms with van der Waals surface area (Å²) in [5, 5.41) is 2.02. The fourth-order valence-electron chi connectivity index (χ4n) is 1.66. The number of nitrogens with one attached hydrogen (secondary N) is 1. The molecule has 1 heterocycles. The number of rotatable bonds is 6. The molecule has 1 aromatic rings. The Bertz CT molecular complexity index is 509. The van der Waals surface area contributed by atoms with Gasteiger partial charge in [-0.25, -0.2) is 21.9 Å². The van der Waals surface area contributed by atoms with Gasteiger partial charge in [-0.1, -0.05) is 5.16 Å². The second-order valence-electron chi connectivity index (χ2n) is 4.61. The molecule has 0 saturated heterocycles. The van der Waals surface area contributed by atoms with Crippen LogP contribution in [0.2, 0.25) is 0 Å². The van der Waals surface area contributed by atoms with Crippen molar-refractivity contribution >= 4 is 10.0 Å². The summed E-state index contributed by atoms with van der Waals surface area (Å²) < 4.78 is 55.4. The van der Waals surface area contributed by atoms with Gasteiger partial charge in [0.2, 0.25) is 10.0 Å². The van der Waals surface area contributed by atoms with Gasteiger partial charge in [0.15, 0.2) is 0 Å². The number of hydrogen-bond acceptors (Lipinski definition) is 4. The Kier molecular flexibility index (Phi) is 5.03. The summed E-state index contributed by atoms with van der Waals surface area (Å²) in [6.45, 7) is 6.06. The molecular weight excluding hydrogens is 278 g/mol.